The lowest BCUT2D eigenvalue weighted by Gasteiger charge is -2.23. The van der Waals surface area contributed by atoms with E-state index in [0.717, 1.165) is 0 Å². The van der Waals surface area contributed by atoms with Gasteiger partial charge in [0, 0.05) is 12.8 Å². The van der Waals surface area contributed by atoms with Crippen molar-refractivity contribution >= 4 is 17.8 Å². The second-order valence-corrected chi connectivity index (χ2v) is 8.09. The van der Waals surface area contributed by atoms with Gasteiger partial charge in [-0.25, -0.2) is 4.79 Å². The minimum atomic E-state index is -1.34. The summed E-state index contributed by atoms with van der Waals surface area (Å²) in [6.07, 6.45) is 0.438. The van der Waals surface area contributed by atoms with E-state index in [1.54, 1.807) is 24.3 Å². The third-order valence-electron chi connectivity index (χ3n) is 5.64. The van der Waals surface area contributed by atoms with Crippen molar-refractivity contribution in [3.63, 3.8) is 0 Å². The van der Waals surface area contributed by atoms with E-state index in [0.29, 0.717) is 28.7 Å². The molecule has 0 aromatic heterocycles. The number of nitrogens with one attached hydrogen (secondary N) is 2. The zero-order chi connectivity index (χ0) is 24.1. The molecule has 1 aliphatic rings. The van der Waals surface area contributed by atoms with Crippen molar-refractivity contribution in [2.75, 3.05) is 6.54 Å². The number of carboxylic acid groups (broad SMARTS) is 1. The Morgan fingerprint density at radius 2 is 1.52 bits per heavy atom. The van der Waals surface area contributed by atoms with Crippen molar-refractivity contribution in [3.8, 4) is 22.6 Å². The number of aliphatic carboxylic acids is 1. The van der Waals surface area contributed by atoms with Crippen LogP contribution in [0, 0.1) is 0 Å². The van der Waals surface area contributed by atoms with E-state index >= 15 is 0 Å². The van der Waals surface area contributed by atoms with Crippen molar-refractivity contribution in [2.24, 2.45) is 11.5 Å². The number of hydrogen-bond acceptors (Lipinski definition) is 7. The summed E-state index contributed by atoms with van der Waals surface area (Å²) >= 11 is 0. The average Bonchev–Trinajstić information content (AvgIpc) is 2.78. The SMILES string of the molecule is NCCC[C@@H]1NC(=O)[C@@H](N)Cc2cc(ccc2O)-c2ccc(O)c(c2)C[C@@H](C(=O)O)NC1=O. The molecule has 176 valence electrons. The Hall–Kier alpha value is -3.63. The molecule has 9 N–H and O–H groups in total. The minimum absolute atomic E-state index is 0.0133. The van der Waals surface area contributed by atoms with Gasteiger partial charge in [0.2, 0.25) is 11.8 Å². The lowest BCUT2D eigenvalue weighted by molar-refractivity contribution is -0.142. The number of rotatable bonds is 4. The Balaban J connectivity index is 2.08. The number of aromatic hydroxyl groups is 2. The molecule has 1 aliphatic heterocycles. The van der Waals surface area contributed by atoms with Gasteiger partial charge < -0.3 is 37.4 Å². The van der Waals surface area contributed by atoms with Crippen LogP contribution in [0.25, 0.3) is 11.1 Å². The van der Waals surface area contributed by atoms with Crippen LogP contribution in [0.1, 0.15) is 24.0 Å². The molecule has 33 heavy (non-hydrogen) atoms. The number of amides is 2. The van der Waals surface area contributed by atoms with Crippen LogP contribution < -0.4 is 22.1 Å². The van der Waals surface area contributed by atoms with Gasteiger partial charge in [-0.3, -0.25) is 9.59 Å². The van der Waals surface area contributed by atoms with Gasteiger partial charge in [0.1, 0.15) is 23.6 Å². The highest BCUT2D eigenvalue weighted by molar-refractivity contribution is 5.92. The molecule has 2 aromatic rings. The molecule has 0 saturated carbocycles. The zero-order valence-corrected chi connectivity index (χ0v) is 18.0. The Labute approximate surface area is 190 Å². The van der Waals surface area contributed by atoms with Crippen LogP contribution in [0.2, 0.25) is 0 Å². The van der Waals surface area contributed by atoms with Gasteiger partial charge in [-0.2, -0.15) is 0 Å². The van der Waals surface area contributed by atoms with E-state index in [4.69, 9.17) is 11.5 Å². The molecule has 0 saturated heterocycles. The summed E-state index contributed by atoms with van der Waals surface area (Å²) in [5, 5.41) is 35.3. The molecule has 0 aliphatic carbocycles. The number of phenolic OH excluding ortho intramolecular Hbond substituents is 2. The molecule has 4 bridgehead atoms. The Morgan fingerprint density at radius 1 is 0.939 bits per heavy atom. The number of carboxylic acids is 1. The number of carbonyl (C=O) groups is 3. The van der Waals surface area contributed by atoms with E-state index in [1.165, 1.54) is 12.1 Å². The second kappa shape index (κ2) is 10.3. The quantitative estimate of drug-likeness (QED) is 0.334. The number of fused-ring (bicyclic) bond motifs is 5. The van der Waals surface area contributed by atoms with E-state index in [1.807, 2.05) is 0 Å². The van der Waals surface area contributed by atoms with Gasteiger partial charge in [0.25, 0.3) is 0 Å². The van der Waals surface area contributed by atoms with Gasteiger partial charge >= 0.3 is 5.97 Å². The molecule has 1 heterocycles. The zero-order valence-electron chi connectivity index (χ0n) is 18.0. The van der Waals surface area contributed by atoms with Gasteiger partial charge in [-0.1, -0.05) is 12.1 Å². The lowest BCUT2D eigenvalue weighted by atomic mass is 9.95. The van der Waals surface area contributed by atoms with E-state index in [-0.39, 0.29) is 37.3 Å². The highest BCUT2D eigenvalue weighted by Crippen LogP contribution is 2.30. The second-order valence-electron chi connectivity index (χ2n) is 8.09. The van der Waals surface area contributed by atoms with Crippen LogP contribution in [0.15, 0.2) is 36.4 Å². The molecule has 10 heteroatoms. The predicted molar refractivity (Wildman–Crippen MR) is 120 cm³/mol. The van der Waals surface area contributed by atoms with Gasteiger partial charge in [0.15, 0.2) is 0 Å². The summed E-state index contributed by atoms with van der Waals surface area (Å²) in [6, 6.07) is 6.10. The van der Waals surface area contributed by atoms with Crippen molar-refractivity contribution < 1.29 is 29.7 Å². The maximum Gasteiger partial charge on any atom is 0.326 e. The summed E-state index contributed by atoms with van der Waals surface area (Å²) < 4.78 is 0. The number of nitrogens with two attached hydrogens (primary N) is 2. The highest BCUT2D eigenvalue weighted by atomic mass is 16.4. The molecule has 0 spiro atoms. The molecule has 2 amide bonds. The number of carbonyl (C=O) groups excluding carboxylic acids is 2. The van der Waals surface area contributed by atoms with Crippen molar-refractivity contribution in [1.82, 2.24) is 10.6 Å². The normalized spacial score (nSPS) is 21.3. The van der Waals surface area contributed by atoms with Gasteiger partial charge in [-0.05, 0) is 65.9 Å². The number of hydrogen-bond donors (Lipinski definition) is 7. The molecular formula is C23H28N4O6. The molecule has 3 atom stereocenters. The van der Waals surface area contributed by atoms with E-state index < -0.39 is 35.9 Å². The molecule has 2 aromatic carbocycles. The maximum atomic E-state index is 12.9. The first-order valence-corrected chi connectivity index (χ1v) is 10.6. The first-order chi connectivity index (χ1) is 15.7. The molecular weight excluding hydrogens is 428 g/mol. The maximum absolute atomic E-state index is 12.9. The Kier molecular flexibility index (Phi) is 7.52. The molecule has 0 radical (unpaired) electrons. The molecule has 10 nitrogen and oxygen atoms in total. The van der Waals surface area contributed by atoms with Crippen molar-refractivity contribution in [2.45, 2.75) is 43.8 Å². The van der Waals surface area contributed by atoms with Crippen LogP contribution >= 0.6 is 0 Å². The summed E-state index contributed by atoms with van der Waals surface area (Å²) in [5.74, 6) is -2.74. The van der Waals surface area contributed by atoms with Crippen molar-refractivity contribution in [1.29, 1.82) is 0 Å². The third-order valence-corrected chi connectivity index (χ3v) is 5.64. The Morgan fingerprint density at radius 3 is 2.06 bits per heavy atom. The van der Waals surface area contributed by atoms with Gasteiger partial charge in [-0.15, -0.1) is 0 Å². The molecule has 0 fully saturated rings. The van der Waals surface area contributed by atoms with Crippen LogP contribution in [-0.2, 0) is 27.2 Å². The summed E-state index contributed by atoms with van der Waals surface area (Å²) in [7, 11) is 0. The fourth-order valence-electron chi connectivity index (χ4n) is 3.75. The van der Waals surface area contributed by atoms with E-state index in [2.05, 4.69) is 10.6 Å². The largest absolute Gasteiger partial charge is 0.508 e. The standard InChI is InChI=1S/C23H28N4O6/c24-7-1-2-17-22(31)27-18(23(32)33)11-15-9-13(4-6-20(15)29)12-3-5-19(28)14(8-12)10-16(25)21(30)26-17/h3-6,8-9,16-18,28-29H,1-2,7,10-11,24-25H2,(H,26,30)(H,27,31)(H,32,33)/t16-,17-,18-/m0/s1. The fraction of sp³-hybridized carbons (Fsp3) is 0.348. The minimum Gasteiger partial charge on any atom is -0.508 e. The fourth-order valence-corrected chi connectivity index (χ4v) is 3.75. The first kappa shape index (κ1) is 24.0. The summed E-state index contributed by atoms with van der Waals surface area (Å²) in [5.41, 5.74) is 13.7. The number of benzene rings is 2. The molecule has 3 rings (SSSR count). The van der Waals surface area contributed by atoms with Crippen LogP contribution in [-0.4, -0.2) is 57.8 Å². The van der Waals surface area contributed by atoms with Crippen LogP contribution in [0.3, 0.4) is 0 Å². The lowest BCUT2D eigenvalue weighted by Crippen LogP contribution is -2.55. The van der Waals surface area contributed by atoms with Crippen LogP contribution in [0.5, 0.6) is 11.5 Å². The first-order valence-electron chi connectivity index (χ1n) is 10.6. The monoisotopic (exact) mass is 456 g/mol. The molecule has 0 unspecified atom stereocenters. The van der Waals surface area contributed by atoms with Crippen molar-refractivity contribution in [3.05, 3.63) is 47.5 Å². The van der Waals surface area contributed by atoms with Gasteiger partial charge in [0.05, 0.1) is 6.04 Å². The topological polar surface area (TPSA) is 188 Å². The summed E-state index contributed by atoms with van der Waals surface area (Å²) in [6.45, 7) is 0.273. The Bertz CT molecular complexity index is 1060. The van der Waals surface area contributed by atoms with E-state index in [9.17, 15) is 29.7 Å². The summed E-state index contributed by atoms with van der Waals surface area (Å²) in [4.78, 5) is 37.4. The number of phenols is 2. The predicted octanol–water partition coefficient (Wildman–Crippen LogP) is -0.0162. The third kappa shape index (κ3) is 5.79. The van der Waals surface area contributed by atoms with Crippen LogP contribution in [0.4, 0.5) is 0 Å². The highest BCUT2D eigenvalue weighted by Gasteiger charge is 2.29. The average molecular weight is 456 g/mol. The smallest absolute Gasteiger partial charge is 0.326 e.